The van der Waals surface area contributed by atoms with Crippen molar-refractivity contribution in [3.63, 3.8) is 0 Å². The Kier molecular flexibility index (Phi) is 9.18. The molecule has 3 aromatic carbocycles. The largest absolute Gasteiger partial charge is 0.491 e. The van der Waals surface area contributed by atoms with Crippen LogP contribution in [0.3, 0.4) is 0 Å². The third-order valence-corrected chi connectivity index (χ3v) is 7.56. The molecule has 2 fully saturated rings. The first-order valence-electron chi connectivity index (χ1n) is 13.5. The van der Waals surface area contributed by atoms with Crippen LogP contribution in [-0.4, -0.2) is 50.1 Å². The molecule has 0 N–H and O–H groups in total. The van der Waals surface area contributed by atoms with Gasteiger partial charge in [0.15, 0.2) is 6.29 Å². The highest BCUT2D eigenvalue weighted by Gasteiger charge is 2.34. The third-order valence-electron chi connectivity index (χ3n) is 7.26. The van der Waals surface area contributed by atoms with Crippen molar-refractivity contribution in [1.82, 2.24) is 4.90 Å². The minimum atomic E-state index is -0.233. The molecule has 2 unspecified atom stereocenters. The van der Waals surface area contributed by atoms with E-state index in [1.165, 1.54) is 17.7 Å². The van der Waals surface area contributed by atoms with E-state index in [1.807, 2.05) is 36.4 Å². The second-order valence-electron chi connectivity index (χ2n) is 10.1. The molecule has 3 atom stereocenters. The zero-order valence-corrected chi connectivity index (χ0v) is 22.7. The van der Waals surface area contributed by atoms with Gasteiger partial charge in [-0.3, -0.25) is 4.90 Å². The number of hydrogen-bond donors (Lipinski definition) is 0. The van der Waals surface area contributed by atoms with E-state index in [0.717, 1.165) is 56.8 Å². The Balaban J connectivity index is 1.29. The number of ether oxygens (including phenoxy) is 3. The highest BCUT2D eigenvalue weighted by molar-refractivity contribution is 6.33. The van der Waals surface area contributed by atoms with Crippen LogP contribution in [0.2, 0.25) is 5.02 Å². The molecule has 3 aromatic rings. The molecule has 0 aliphatic carbocycles. The van der Waals surface area contributed by atoms with Crippen molar-refractivity contribution in [2.24, 2.45) is 0 Å². The van der Waals surface area contributed by atoms with Gasteiger partial charge in [-0.05, 0) is 61.6 Å². The fourth-order valence-electron chi connectivity index (χ4n) is 5.47. The zero-order chi connectivity index (χ0) is 26.3. The van der Waals surface area contributed by atoms with E-state index < -0.39 is 0 Å². The highest BCUT2D eigenvalue weighted by atomic mass is 35.5. The van der Waals surface area contributed by atoms with Crippen molar-refractivity contribution < 1.29 is 18.6 Å². The van der Waals surface area contributed by atoms with Crippen LogP contribution in [-0.2, 0) is 16.0 Å². The van der Waals surface area contributed by atoms with Crippen LogP contribution in [0.5, 0.6) is 5.75 Å². The van der Waals surface area contributed by atoms with Gasteiger partial charge in [0, 0.05) is 38.3 Å². The number of piperazine rings is 1. The van der Waals surface area contributed by atoms with Crippen molar-refractivity contribution in [3.05, 3.63) is 94.8 Å². The predicted octanol–water partition coefficient (Wildman–Crippen LogP) is 6.85. The molecular weight excluding hydrogens is 503 g/mol. The predicted molar refractivity (Wildman–Crippen MR) is 149 cm³/mol. The number of benzene rings is 3. The summed E-state index contributed by atoms with van der Waals surface area (Å²) in [4.78, 5) is 4.83. The molecule has 0 spiro atoms. The van der Waals surface area contributed by atoms with Crippen LogP contribution in [0, 0.1) is 5.82 Å². The smallest absolute Gasteiger partial charge is 0.157 e. The van der Waals surface area contributed by atoms with Crippen LogP contribution in [0.1, 0.15) is 43.4 Å². The standard InChI is InChI=1S/C31H36ClFN2O3/c1-23-20-34(21-24-7-3-2-4-8-24)22-30(25-10-12-26(33)13-11-25)35(23)29-15-14-27(19-28(29)32)36-17-18-38-31-9-5-6-16-37-31/h2-4,7-8,10-15,19,23,30-31H,5-6,9,16-18,20-22H2,1H3/t23?,30-,31?/m0/s1. The summed E-state index contributed by atoms with van der Waals surface area (Å²) in [5, 5.41) is 0.634. The van der Waals surface area contributed by atoms with Crippen molar-refractivity contribution in [1.29, 1.82) is 0 Å². The maximum atomic E-state index is 13.8. The van der Waals surface area contributed by atoms with Gasteiger partial charge >= 0.3 is 0 Å². The Morgan fingerprint density at radius 1 is 0.974 bits per heavy atom. The number of hydrogen-bond acceptors (Lipinski definition) is 5. The lowest BCUT2D eigenvalue weighted by molar-refractivity contribution is -0.165. The first-order valence-corrected chi connectivity index (χ1v) is 13.9. The molecule has 5 rings (SSSR count). The Bertz CT molecular complexity index is 1160. The van der Waals surface area contributed by atoms with Gasteiger partial charge in [-0.2, -0.15) is 0 Å². The minimum absolute atomic E-state index is 0.0243. The fourth-order valence-corrected chi connectivity index (χ4v) is 5.74. The van der Waals surface area contributed by atoms with Crippen molar-refractivity contribution in [3.8, 4) is 5.75 Å². The molecule has 0 saturated carbocycles. The van der Waals surface area contributed by atoms with E-state index in [9.17, 15) is 4.39 Å². The Morgan fingerprint density at radius 3 is 2.53 bits per heavy atom. The molecule has 2 aliphatic heterocycles. The normalized spacial score (nSPS) is 22.4. The second-order valence-corrected chi connectivity index (χ2v) is 10.5. The lowest BCUT2D eigenvalue weighted by Crippen LogP contribution is -2.53. The maximum absolute atomic E-state index is 13.8. The summed E-state index contributed by atoms with van der Waals surface area (Å²) >= 11 is 6.86. The topological polar surface area (TPSA) is 34.2 Å². The second kappa shape index (κ2) is 12.9. The molecular formula is C31H36ClFN2O3. The van der Waals surface area contributed by atoms with Gasteiger partial charge in [-0.1, -0.05) is 54.1 Å². The zero-order valence-electron chi connectivity index (χ0n) is 21.9. The number of rotatable bonds is 9. The van der Waals surface area contributed by atoms with E-state index in [2.05, 4.69) is 41.0 Å². The van der Waals surface area contributed by atoms with E-state index in [0.29, 0.717) is 24.0 Å². The molecule has 0 bridgehead atoms. The van der Waals surface area contributed by atoms with E-state index in [4.69, 9.17) is 25.8 Å². The monoisotopic (exact) mass is 538 g/mol. The van der Waals surface area contributed by atoms with Crippen LogP contribution in [0.25, 0.3) is 0 Å². The Hall–Kier alpha value is -2.64. The molecule has 2 heterocycles. The molecule has 7 heteroatoms. The average Bonchev–Trinajstić information content (AvgIpc) is 2.93. The summed E-state index contributed by atoms with van der Waals surface area (Å²) in [7, 11) is 0. The van der Waals surface area contributed by atoms with E-state index in [1.54, 1.807) is 0 Å². The van der Waals surface area contributed by atoms with Gasteiger partial charge in [0.25, 0.3) is 0 Å². The van der Waals surface area contributed by atoms with Gasteiger partial charge in [0.2, 0.25) is 0 Å². The van der Waals surface area contributed by atoms with Crippen molar-refractivity contribution >= 4 is 17.3 Å². The molecule has 0 amide bonds. The third kappa shape index (κ3) is 6.86. The summed E-state index contributed by atoms with van der Waals surface area (Å²) < 4.78 is 31.1. The van der Waals surface area contributed by atoms with Gasteiger partial charge in [0.1, 0.15) is 18.2 Å². The van der Waals surface area contributed by atoms with Crippen LogP contribution in [0.15, 0.2) is 72.8 Å². The molecule has 0 radical (unpaired) electrons. The van der Waals surface area contributed by atoms with Crippen molar-refractivity contribution in [2.45, 2.75) is 51.1 Å². The lowest BCUT2D eigenvalue weighted by Gasteiger charge is -2.47. The molecule has 0 aromatic heterocycles. The van der Waals surface area contributed by atoms with E-state index >= 15 is 0 Å². The highest BCUT2D eigenvalue weighted by Crippen LogP contribution is 2.39. The fraction of sp³-hybridized carbons (Fsp3) is 0.419. The first kappa shape index (κ1) is 26.9. The summed E-state index contributed by atoms with van der Waals surface area (Å²) in [5.41, 5.74) is 3.30. The van der Waals surface area contributed by atoms with Gasteiger partial charge in [-0.15, -0.1) is 0 Å². The van der Waals surface area contributed by atoms with Crippen LogP contribution in [0.4, 0.5) is 10.1 Å². The molecule has 2 aliphatic rings. The first-order chi connectivity index (χ1) is 18.6. The Labute approximate surface area is 230 Å². The minimum Gasteiger partial charge on any atom is -0.491 e. The van der Waals surface area contributed by atoms with Gasteiger partial charge in [0.05, 0.1) is 23.4 Å². The molecule has 2 saturated heterocycles. The SMILES string of the molecule is CC1CN(Cc2ccccc2)C[C@@H](c2ccc(F)cc2)N1c1ccc(OCCOC2CCCCO2)cc1Cl. The number of anilines is 1. The summed E-state index contributed by atoms with van der Waals surface area (Å²) in [6.45, 7) is 6.45. The Morgan fingerprint density at radius 2 is 1.79 bits per heavy atom. The summed E-state index contributed by atoms with van der Waals surface area (Å²) in [6, 6.07) is 23.4. The van der Waals surface area contributed by atoms with Gasteiger partial charge < -0.3 is 19.1 Å². The quantitative estimate of drug-likeness (QED) is 0.278. The van der Waals surface area contributed by atoms with Gasteiger partial charge in [-0.25, -0.2) is 4.39 Å². The summed E-state index contributed by atoms with van der Waals surface area (Å²) in [6.07, 6.45) is 3.06. The van der Waals surface area contributed by atoms with Crippen LogP contribution < -0.4 is 9.64 Å². The van der Waals surface area contributed by atoms with E-state index in [-0.39, 0.29) is 24.2 Å². The molecule has 38 heavy (non-hydrogen) atoms. The van der Waals surface area contributed by atoms with Crippen LogP contribution >= 0.6 is 11.6 Å². The molecule has 5 nitrogen and oxygen atoms in total. The number of nitrogens with zero attached hydrogens (tertiary/aromatic N) is 2. The summed E-state index contributed by atoms with van der Waals surface area (Å²) in [5.74, 6) is 0.476. The molecule has 202 valence electrons. The average molecular weight is 539 g/mol. The number of halogens is 2. The van der Waals surface area contributed by atoms with Crippen molar-refractivity contribution in [2.75, 3.05) is 37.8 Å². The maximum Gasteiger partial charge on any atom is 0.157 e. The lowest BCUT2D eigenvalue weighted by atomic mass is 9.97.